The van der Waals surface area contributed by atoms with E-state index in [0.29, 0.717) is 0 Å². The maximum atomic E-state index is 14.0. The van der Waals surface area contributed by atoms with Crippen molar-refractivity contribution in [1.82, 2.24) is 4.90 Å². The zero-order valence-electron chi connectivity index (χ0n) is 9.49. The third kappa shape index (κ3) is 1.82. The van der Waals surface area contributed by atoms with E-state index in [1.165, 1.54) is 0 Å². The Labute approximate surface area is 94.4 Å². The third-order valence-electron chi connectivity index (χ3n) is 3.70. The van der Waals surface area contributed by atoms with Gasteiger partial charge in [0.25, 0.3) is 0 Å². The molecule has 3 aliphatic rings. The molecule has 0 amide bonds. The first kappa shape index (κ1) is 11.8. The fraction of sp³-hybridized carbons (Fsp3) is 0.909. The van der Waals surface area contributed by atoms with Gasteiger partial charge in [-0.25, -0.2) is 9.18 Å². The first-order valence-corrected chi connectivity index (χ1v) is 5.83. The van der Waals surface area contributed by atoms with Crippen molar-refractivity contribution in [2.75, 3.05) is 26.2 Å². The number of rotatable bonds is 3. The number of hydrogen-bond acceptors (Lipinski definition) is 4. The number of nitrogens with zero attached hydrogens (tertiary/aromatic N) is 1. The van der Waals surface area contributed by atoms with Crippen LogP contribution in [0.1, 0.15) is 19.8 Å². The molecule has 0 saturated carbocycles. The molecule has 3 saturated heterocycles. The van der Waals surface area contributed by atoms with E-state index >= 15 is 0 Å². The maximum absolute atomic E-state index is 14.0. The molecule has 3 aliphatic heterocycles. The van der Waals surface area contributed by atoms with Crippen LogP contribution < -0.4 is 0 Å². The normalized spacial score (nSPS) is 39.4. The third-order valence-corrected chi connectivity index (χ3v) is 3.70. The van der Waals surface area contributed by atoms with Crippen LogP contribution >= 0.6 is 0 Å². The van der Waals surface area contributed by atoms with Crippen molar-refractivity contribution >= 4 is 5.97 Å². The van der Waals surface area contributed by atoms with Gasteiger partial charge in [-0.2, -0.15) is 0 Å². The minimum Gasteiger partial charge on any atom is -0.464 e. The van der Waals surface area contributed by atoms with E-state index in [-0.39, 0.29) is 19.1 Å². The summed E-state index contributed by atoms with van der Waals surface area (Å²) in [6.45, 7) is 3.80. The van der Waals surface area contributed by atoms with Crippen LogP contribution in [0, 0.1) is 5.92 Å². The lowest BCUT2D eigenvalue weighted by molar-refractivity contribution is -0.183. The van der Waals surface area contributed by atoms with Crippen molar-refractivity contribution in [2.24, 2.45) is 5.92 Å². The highest BCUT2D eigenvalue weighted by atomic mass is 19.1. The Balaban J connectivity index is 2.09. The summed E-state index contributed by atoms with van der Waals surface area (Å²) in [6, 6.07) is 0. The van der Waals surface area contributed by atoms with Gasteiger partial charge in [0.15, 0.2) is 0 Å². The van der Waals surface area contributed by atoms with Gasteiger partial charge in [0.1, 0.15) is 5.60 Å². The van der Waals surface area contributed by atoms with Crippen LogP contribution in [-0.2, 0) is 9.53 Å². The van der Waals surface area contributed by atoms with Crippen molar-refractivity contribution in [3.05, 3.63) is 0 Å². The van der Waals surface area contributed by atoms with E-state index in [9.17, 15) is 14.3 Å². The fourth-order valence-electron chi connectivity index (χ4n) is 2.78. The van der Waals surface area contributed by atoms with Crippen LogP contribution in [0.2, 0.25) is 0 Å². The summed E-state index contributed by atoms with van der Waals surface area (Å²) in [5.41, 5.74) is -1.54. The molecule has 3 fully saturated rings. The Kier molecular flexibility index (Phi) is 3.17. The Morgan fingerprint density at radius 3 is 2.69 bits per heavy atom. The number of hydrogen-bond donors (Lipinski definition) is 1. The lowest BCUT2D eigenvalue weighted by atomic mass is 9.73. The largest absolute Gasteiger partial charge is 0.464 e. The molecule has 3 rings (SSSR count). The maximum Gasteiger partial charge on any atom is 0.343 e. The van der Waals surface area contributed by atoms with Gasteiger partial charge in [-0.05, 0) is 38.8 Å². The Morgan fingerprint density at radius 2 is 2.25 bits per heavy atom. The van der Waals surface area contributed by atoms with E-state index in [4.69, 9.17) is 0 Å². The number of aliphatic hydroxyl groups is 1. The fourth-order valence-corrected chi connectivity index (χ4v) is 2.78. The predicted octanol–water partition coefficient (Wildman–Crippen LogP) is 0.344. The molecular weight excluding hydrogens is 213 g/mol. The molecule has 2 atom stereocenters. The molecule has 92 valence electrons. The van der Waals surface area contributed by atoms with E-state index in [1.807, 2.05) is 4.90 Å². The van der Waals surface area contributed by atoms with Crippen LogP contribution in [0.25, 0.3) is 0 Å². The molecule has 0 aliphatic carbocycles. The highest BCUT2D eigenvalue weighted by Gasteiger charge is 2.54. The number of alkyl halides is 1. The molecule has 1 N–H and O–H groups in total. The smallest absolute Gasteiger partial charge is 0.343 e. The number of fused-ring (bicyclic) bond motifs is 3. The molecule has 0 aromatic heterocycles. The summed E-state index contributed by atoms with van der Waals surface area (Å²) in [5, 5.41) is 10.3. The summed E-state index contributed by atoms with van der Waals surface area (Å²) in [6.07, 6.45) is -0.396. The van der Waals surface area contributed by atoms with Crippen molar-refractivity contribution in [3.63, 3.8) is 0 Å². The lowest BCUT2D eigenvalue weighted by Crippen LogP contribution is -2.65. The van der Waals surface area contributed by atoms with Gasteiger partial charge in [0.05, 0.1) is 6.61 Å². The second-order valence-corrected chi connectivity index (χ2v) is 4.66. The SMILES string of the molecule is CCOC(=O)C(F)C1(O)CN2CCC1CC2. The summed E-state index contributed by atoms with van der Waals surface area (Å²) in [7, 11) is 0. The van der Waals surface area contributed by atoms with E-state index in [1.54, 1.807) is 6.92 Å². The van der Waals surface area contributed by atoms with E-state index < -0.39 is 17.7 Å². The average Bonchev–Trinajstić information content (AvgIpc) is 2.29. The number of piperidine rings is 3. The first-order chi connectivity index (χ1) is 7.58. The quantitative estimate of drug-likeness (QED) is 0.712. The van der Waals surface area contributed by atoms with Crippen molar-refractivity contribution in [1.29, 1.82) is 0 Å². The van der Waals surface area contributed by atoms with Crippen LogP contribution in [0.5, 0.6) is 0 Å². The number of carbonyl (C=O) groups excluding carboxylic acids is 1. The standard InChI is InChI=1S/C11H18FNO3/c1-2-16-10(14)9(12)11(15)7-13-5-3-8(11)4-6-13/h8-9,15H,2-7H2,1H3. The molecule has 2 unspecified atom stereocenters. The van der Waals surface area contributed by atoms with Gasteiger partial charge in [-0.1, -0.05) is 0 Å². The number of carbonyl (C=O) groups is 1. The lowest BCUT2D eigenvalue weighted by Gasteiger charge is -2.50. The molecular formula is C11H18FNO3. The van der Waals surface area contributed by atoms with Crippen molar-refractivity contribution in [2.45, 2.75) is 31.5 Å². The average molecular weight is 231 g/mol. The first-order valence-electron chi connectivity index (χ1n) is 5.83. The Morgan fingerprint density at radius 1 is 1.62 bits per heavy atom. The molecule has 0 aromatic rings. The minimum absolute atomic E-state index is 0.114. The summed E-state index contributed by atoms with van der Waals surface area (Å²) in [4.78, 5) is 13.4. The van der Waals surface area contributed by atoms with Gasteiger partial charge in [0, 0.05) is 6.54 Å². The molecule has 3 heterocycles. The van der Waals surface area contributed by atoms with Gasteiger partial charge in [-0.15, -0.1) is 0 Å². The van der Waals surface area contributed by atoms with Crippen LogP contribution in [0.3, 0.4) is 0 Å². The number of halogens is 1. The van der Waals surface area contributed by atoms with Crippen LogP contribution in [0.4, 0.5) is 4.39 Å². The van der Waals surface area contributed by atoms with Crippen LogP contribution in [-0.4, -0.2) is 54.0 Å². The Bertz CT molecular complexity index is 278. The van der Waals surface area contributed by atoms with Gasteiger partial charge in [-0.3, -0.25) is 0 Å². The summed E-state index contributed by atoms with van der Waals surface area (Å²) >= 11 is 0. The van der Waals surface area contributed by atoms with Gasteiger partial charge >= 0.3 is 5.97 Å². The number of ether oxygens (including phenoxy) is 1. The van der Waals surface area contributed by atoms with Crippen LogP contribution in [0.15, 0.2) is 0 Å². The molecule has 2 bridgehead atoms. The van der Waals surface area contributed by atoms with Crippen molar-refractivity contribution in [3.8, 4) is 0 Å². The minimum atomic E-state index is -1.92. The molecule has 0 spiro atoms. The summed E-state index contributed by atoms with van der Waals surface area (Å²) in [5.74, 6) is -1.05. The zero-order chi connectivity index (χ0) is 11.8. The molecule has 0 aromatic carbocycles. The highest BCUT2D eigenvalue weighted by molar-refractivity contribution is 5.76. The van der Waals surface area contributed by atoms with Gasteiger partial charge in [0.2, 0.25) is 6.17 Å². The number of esters is 1. The summed E-state index contributed by atoms with van der Waals surface area (Å²) < 4.78 is 18.6. The molecule has 16 heavy (non-hydrogen) atoms. The zero-order valence-corrected chi connectivity index (χ0v) is 9.49. The van der Waals surface area contributed by atoms with Gasteiger partial charge < -0.3 is 14.7 Å². The topological polar surface area (TPSA) is 49.8 Å². The van der Waals surface area contributed by atoms with E-state index in [0.717, 1.165) is 25.9 Å². The monoisotopic (exact) mass is 231 g/mol. The molecule has 4 nitrogen and oxygen atoms in total. The molecule has 0 radical (unpaired) electrons. The van der Waals surface area contributed by atoms with E-state index in [2.05, 4.69) is 4.74 Å². The predicted molar refractivity (Wildman–Crippen MR) is 55.6 cm³/mol. The van der Waals surface area contributed by atoms with Crippen molar-refractivity contribution < 1.29 is 19.0 Å². The highest BCUT2D eigenvalue weighted by Crippen LogP contribution is 2.39. The Hall–Kier alpha value is -0.680. The second-order valence-electron chi connectivity index (χ2n) is 4.66. The second kappa shape index (κ2) is 4.30. The molecule has 5 heteroatoms.